The molecule has 9 nitrogen and oxygen atoms in total. The topological polar surface area (TPSA) is 128 Å². The Balaban J connectivity index is 1.50. The molecule has 3 N–H and O–H groups in total. The van der Waals surface area contributed by atoms with Crippen LogP contribution in [0.2, 0.25) is 0 Å². The molecule has 0 bridgehead atoms. The standard InChI is InChI=1S/C16H19N5O4S/c17-26(23,24)14-4-2-12(3-5-14)20-16(22)21-10-6-13(7-11-21)25-15-18-8-1-9-19-15/h1-5,8-9,13H,6-7,10-11H2,(H,20,22)(H2,17,23,24). The second-order valence-corrected chi connectivity index (χ2v) is 7.40. The molecule has 0 atom stereocenters. The molecule has 0 saturated carbocycles. The fourth-order valence-electron chi connectivity index (χ4n) is 2.60. The van der Waals surface area contributed by atoms with Crippen LogP contribution in [-0.2, 0) is 10.0 Å². The minimum atomic E-state index is -3.75. The Kier molecular flexibility index (Phi) is 5.33. The zero-order chi connectivity index (χ0) is 18.6. The lowest BCUT2D eigenvalue weighted by Gasteiger charge is -2.31. The van der Waals surface area contributed by atoms with Crippen LogP contribution in [0.15, 0.2) is 47.6 Å². The summed E-state index contributed by atoms with van der Waals surface area (Å²) in [6.45, 7) is 1.08. The molecule has 0 unspecified atom stereocenters. The van der Waals surface area contributed by atoms with E-state index in [2.05, 4.69) is 15.3 Å². The van der Waals surface area contributed by atoms with Crippen molar-refractivity contribution < 1.29 is 17.9 Å². The number of sulfonamides is 1. The molecule has 3 rings (SSSR count). The maximum Gasteiger partial charge on any atom is 0.321 e. The van der Waals surface area contributed by atoms with Crippen LogP contribution in [-0.4, -0.2) is 48.5 Å². The number of rotatable bonds is 4. The van der Waals surface area contributed by atoms with Gasteiger partial charge in [0.1, 0.15) is 6.10 Å². The Morgan fingerprint density at radius 3 is 2.35 bits per heavy atom. The van der Waals surface area contributed by atoms with Gasteiger partial charge in [0.2, 0.25) is 10.0 Å². The SMILES string of the molecule is NS(=O)(=O)c1ccc(NC(=O)N2CCC(Oc3ncccn3)CC2)cc1. The van der Waals surface area contributed by atoms with Crippen molar-refractivity contribution in [1.29, 1.82) is 0 Å². The van der Waals surface area contributed by atoms with Crippen LogP contribution in [0.3, 0.4) is 0 Å². The average Bonchev–Trinajstić information content (AvgIpc) is 2.63. The third-order valence-electron chi connectivity index (χ3n) is 3.98. The fourth-order valence-corrected chi connectivity index (χ4v) is 3.12. The van der Waals surface area contributed by atoms with Crippen molar-refractivity contribution in [2.45, 2.75) is 23.8 Å². The highest BCUT2D eigenvalue weighted by molar-refractivity contribution is 7.89. The summed E-state index contributed by atoms with van der Waals surface area (Å²) in [5.41, 5.74) is 0.499. The molecule has 138 valence electrons. The molecule has 1 aromatic carbocycles. The molecule has 1 aromatic heterocycles. The summed E-state index contributed by atoms with van der Waals surface area (Å²) >= 11 is 0. The Bertz CT molecular complexity index is 850. The van der Waals surface area contributed by atoms with Crippen LogP contribution in [0.5, 0.6) is 6.01 Å². The van der Waals surface area contributed by atoms with Gasteiger partial charge in [-0.25, -0.2) is 28.3 Å². The number of nitrogens with two attached hydrogens (primary N) is 1. The van der Waals surface area contributed by atoms with Crippen LogP contribution in [0.4, 0.5) is 10.5 Å². The monoisotopic (exact) mass is 377 g/mol. The van der Waals surface area contributed by atoms with Gasteiger partial charge in [-0.1, -0.05) is 0 Å². The minimum absolute atomic E-state index is 0.00315. The van der Waals surface area contributed by atoms with E-state index < -0.39 is 10.0 Å². The number of hydrogen-bond acceptors (Lipinski definition) is 6. The number of ether oxygens (including phenoxy) is 1. The Morgan fingerprint density at radius 1 is 1.15 bits per heavy atom. The lowest BCUT2D eigenvalue weighted by Crippen LogP contribution is -2.43. The van der Waals surface area contributed by atoms with E-state index in [-0.39, 0.29) is 17.0 Å². The summed E-state index contributed by atoms with van der Waals surface area (Å²) in [5, 5.41) is 7.79. The first kappa shape index (κ1) is 18.1. The second-order valence-electron chi connectivity index (χ2n) is 5.84. The average molecular weight is 377 g/mol. The molecule has 1 aliphatic heterocycles. The van der Waals surface area contributed by atoms with Crippen molar-refractivity contribution in [2.24, 2.45) is 5.14 Å². The van der Waals surface area contributed by atoms with E-state index >= 15 is 0 Å². The van der Waals surface area contributed by atoms with Gasteiger partial charge < -0.3 is 15.0 Å². The second kappa shape index (κ2) is 7.67. The highest BCUT2D eigenvalue weighted by Gasteiger charge is 2.24. The van der Waals surface area contributed by atoms with Gasteiger partial charge in [-0.15, -0.1) is 0 Å². The highest BCUT2D eigenvalue weighted by Crippen LogP contribution is 2.18. The Hall–Kier alpha value is -2.72. The number of nitrogens with one attached hydrogen (secondary N) is 1. The van der Waals surface area contributed by atoms with Crippen molar-refractivity contribution >= 4 is 21.7 Å². The predicted molar refractivity (Wildman–Crippen MR) is 94.1 cm³/mol. The van der Waals surface area contributed by atoms with Crippen LogP contribution < -0.4 is 15.2 Å². The molecule has 0 spiro atoms. The number of carbonyl (C=O) groups excluding carboxylic acids is 1. The number of primary sulfonamides is 1. The summed E-state index contributed by atoms with van der Waals surface area (Å²) in [5.74, 6) is 0. The number of likely N-dealkylation sites (tertiary alicyclic amines) is 1. The van der Waals surface area contributed by atoms with Crippen LogP contribution >= 0.6 is 0 Å². The molecule has 0 radical (unpaired) electrons. The molecule has 26 heavy (non-hydrogen) atoms. The van der Waals surface area contributed by atoms with Gasteiger partial charge in [0.05, 0.1) is 4.90 Å². The van der Waals surface area contributed by atoms with Crippen molar-refractivity contribution in [3.05, 3.63) is 42.7 Å². The molecule has 2 amide bonds. The van der Waals surface area contributed by atoms with Gasteiger partial charge in [-0.3, -0.25) is 0 Å². The lowest BCUT2D eigenvalue weighted by atomic mass is 10.1. The molecule has 10 heteroatoms. The number of nitrogens with zero attached hydrogens (tertiary/aromatic N) is 3. The van der Waals surface area contributed by atoms with Crippen LogP contribution in [0, 0.1) is 0 Å². The highest BCUT2D eigenvalue weighted by atomic mass is 32.2. The van der Waals surface area contributed by atoms with Crippen molar-refractivity contribution in [3.8, 4) is 6.01 Å². The number of piperidine rings is 1. The van der Waals surface area contributed by atoms with E-state index in [1.54, 1.807) is 23.4 Å². The third-order valence-corrected chi connectivity index (χ3v) is 4.91. The molecule has 1 saturated heterocycles. The summed E-state index contributed by atoms with van der Waals surface area (Å²) in [4.78, 5) is 22.1. The molecule has 1 fully saturated rings. The predicted octanol–water partition coefficient (Wildman–Crippen LogP) is 1.20. The first-order chi connectivity index (χ1) is 12.4. The van der Waals surface area contributed by atoms with Gasteiger partial charge in [0.15, 0.2) is 0 Å². The molecule has 2 heterocycles. The lowest BCUT2D eigenvalue weighted by molar-refractivity contribution is 0.107. The van der Waals surface area contributed by atoms with Gasteiger partial charge in [0, 0.05) is 44.0 Å². The zero-order valence-electron chi connectivity index (χ0n) is 13.9. The first-order valence-corrected chi connectivity index (χ1v) is 9.59. The number of hydrogen-bond donors (Lipinski definition) is 2. The first-order valence-electron chi connectivity index (χ1n) is 8.04. The number of aromatic nitrogens is 2. The maximum atomic E-state index is 12.3. The fraction of sp³-hybridized carbons (Fsp3) is 0.312. The third kappa shape index (κ3) is 4.67. The Morgan fingerprint density at radius 2 is 1.77 bits per heavy atom. The largest absolute Gasteiger partial charge is 0.460 e. The maximum absolute atomic E-state index is 12.3. The van der Waals surface area contributed by atoms with Crippen LogP contribution in [0.25, 0.3) is 0 Å². The number of amides is 2. The quantitative estimate of drug-likeness (QED) is 0.824. The molecular weight excluding hydrogens is 358 g/mol. The summed E-state index contributed by atoms with van der Waals surface area (Å²) in [6, 6.07) is 7.51. The van der Waals surface area contributed by atoms with E-state index in [9.17, 15) is 13.2 Å². The summed E-state index contributed by atoms with van der Waals surface area (Å²) < 4.78 is 28.2. The van der Waals surface area contributed by atoms with Crippen molar-refractivity contribution in [2.75, 3.05) is 18.4 Å². The summed E-state index contributed by atoms with van der Waals surface area (Å²) in [6.07, 6.45) is 4.56. The van der Waals surface area contributed by atoms with E-state index in [0.717, 1.165) is 0 Å². The van der Waals surface area contributed by atoms with Gasteiger partial charge in [-0.2, -0.15) is 0 Å². The van der Waals surface area contributed by atoms with Gasteiger partial charge in [0.25, 0.3) is 0 Å². The molecule has 2 aromatic rings. The van der Waals surface area contributed by atoms with Crippen LogP contribution in [0.1, 0.15) is 12.8 Å². The molecule has 0 aliphatic carbocycles. The summed E-state index contributed by atoms with van der Waals surface area (Å²) in [7, 11) is -3.75. The Labute approximate surface area is 151 Å². The van der Waals surface area contributed by atoms with E-state index in [0.29, 0.717) is 37.6 Å². The van der Waals surface area contributed by atoms with E-state index in [1.165, 1.54) is 24.3 Å². The van der Waals surface area contributed by atoms with Crippen molar-refractivity contribution in [3.63, 3.8) is 0 Å². The molecular formula is C16H19N5O4S. The number of carbonyl (C=O) groups is 1. The zero-order valence-corrected chi connectivity index (χ0v) is 14.7. The molecule has 1 aliphatic rings. The normalized spacial score (nSPS) is 15.5. The minimum Gasteiger partial charge on any atom is -0.460 e. The van der Waals surface area contributed by atoms with Gasteiger partial charge >= 0.3 is 12.0 Å². The van der Waals surface area contributed by atoms with E-state index in [4.69, 9.17) is 9.88 Å². The van der Waals surface area contributed by atoms with E-state index in [1.807, 2.05) is 0 Å². The number of urea groups is 1. The van der Waals surface area contributed by atoms with Crippen molar-refractivity contribution in [1.82, 2.24) is 14.9 Å². The smallest absolute Gasteiger partial charge is 0.321 e. The van der Waals surface area contributed by atoms with Gasteiger partial charge in [-0.05, 0) is 30.3 Å². The number of anilines is 1. The number of benzene rings is 1.